The summed E-state index contributed by atoms with van der Waals surface area (Å²) in [6.45, 7) is 2.20. The molecule has 1 rings (SSSR count). The molecule has 84 valence electrons. The summed E-state index contributed by atoms with van der Waals surface area (Å²) in [6, 6.07) is 4.26. The average Bonchev–Trinajstić information content (AvgIpc) is 2.07. The normalized spacial score (nSPS) is 11.5. The van der Waals surface area contributed by atoms with Crippen LogP contribution in [0, 0.1) is 6.92 Å². The zero-order valence-electron chi connectivity index (χ0n) is 8.27. The van der Waals surface area contributed by atoms with Gasteiger partial charge in [-0.15, -0.1) is 13.2 Å². The highest BCUT2D eigenvalue weighted by atomic mass is 19.4. The van der Waals surface area contributed by atoms with Gasteiger partial charge in [-0.1, -0.05) is 6.07 Å². The number of rotatable bonds is 3. The van der Waals surface area contributed by atoms with Gasteiger partial charge in [0, 0.05) is 0 Å². The average molecular weight is 219 g/mol. The van der Waals surface area contributed by atoms with Crippen LogP contribution in [-0.4, -0.2) is 12.9 Å². The van der Waals surface area contributed by atoms with Crippen LogP contribution in [0.15, 0.2) is 18.2 Å². The van der Waals surface area contributed by atoms with Gasteiger partial charge in [-0.2, -0.15) is 0 Å². The van der Waals surface area contributed by atoms with E-state index in [1.165, 1.54) is 12.1 Å². The Bertz CT molecular complexity index is 336. The number of nitrogens with two attached hydrogens (primary N) is 1. The Morgan fingerprint density at radius 2 is 2.00 bits per heavy atom. The molecule has 2 nitrogen and oxygen atoms in total. The third-order valence-corrected chi connectivity index (χ3v) is 1.96. The Morgan fingerprint density at radius 3 is 2.47 bits per heavy atom. The Kier molecular flexibility index (Phi) is 3.57. The smallest absolute Gasteiger partial charge is 0.406 e. The van der Waals surface area contributed by atoms with Crippen molar-refractivity contribution in [2.45, 2.75) is 19.7 Å². The highest BCUT2D eigenvalue weighted by Crippen LogP contribution is 2.24. The Morgan fingerprint density at radius 1 is 1.33 bits per heavy atom. The third kappa shape index (κ3) is 3.79. The summed E-state index contributed by atoms with van der Waals surface area (Å²) in [5.74, 6) is -0.194. The molecular weight excluding hydrogens is 207 g/mol. The molecular formula is C10H12F3NO. The predicted octanol–water partition coefficient (Wildman–Crippen LogP) is 2.39. The van der Waals surface area contributed by atoms with E-state index in [-0.39, 0.29) is 5.75 Å². The number of halogens is 3. The van der Waals surface area contributed by atoms with Crippen LogP contribution in [0.5, 0.6) is 5.75 Å². The van der Waals surface area contributed by atoms with E-state index in [0.717, 1.165) is 11.1 Å². The fourth-order valence-electron chi connectivity index (χ4n) is 1.30. The van der Waals surface area contributed by atoms with Gasteiger partial charge in [0.05, 0.1) is 0 Å². The van der Waals surface area contributed by atoms with E-state index >= 15 is 0 Å². The molecule has 2 N–H and O–H groups in total. The number of ether oxygens (including phenoxy) is 1. The second kappa shape index (κ2) is 4.53. The predicted molar refractivity (Wildman–Crippen MR) is 50.6 cm³/mol. The molecule has 0 heterocycles. The second-order valence-electron chi connectivity index (χ2n) is 3.17. The van der Waals surface area contributed by atoms with Gasteiger partial charge in [-0.25, -0.2) is 0 Å². The van der Waals surface area contributed by atoms with Crippen molar-refractivity contribution in [3.63, 3.8) is 0 Å². The van der Waals surface area contributed by atoms with Gasteiger partial charge >= 0.3 is 6.36 Å². The molecule has 0 aliphatic rings. The van der Waals surface area contributed by atoms with E-state index < -0.39 is 6.36 Å². The Hall–Kier alpha value is -1.23. The highest BCUT2D eigenvalue weighted by molar-refractivity contribution is 5.35. The van der Waals surface area contributed by atoms with Crippen molar-refractivity contribution in [1.82, 2.24) is 0 Å². The molecule has 0 aromatic heterocycles. The minimum atomic E-state index is -4.64. The van der Waals surface area contributed by atoms with Crippen LogP contribution >= 0.6 is 0 Å². The molecule has 0 radical (unpaired) electrons. The number of aryl methyl sites for hydroxylation is 1. The molecule has 0 aliphatic heterocycles. The first-order chi connectivity index (χ1) is 6.92. The standard InChI is InChI=1S/C10H12F3NO/c1-7-6-9(15-10(11,12)13)3-2-8(7)4-5-14/h2-3,6H,4-5,14H2,1H3. The van der Waals surface area contributed by atoms with E-state index in [4.69, 9.17) is 5.73 Å². The molecule has 0 spiro atoms. The maximum Gasteiger partial charge on any atom is 0.573 e. The van der Waals surface area contributed by atoms with Gasteiger partial charge in [0.25, 0.3) is 0 Å². The number of hydrogen-bond acceptors (Lipinski definition) is 2. The molecule has 1 aromatic carbocycles. The minimum absolute atomic E-state index is 0.194. The van der Waals surface area contributed by atoms with E-state index in [1.807, 2.05) is 0 Å². The number of hydrogen-bond donors (Lipinski definition) is 1. The van der Waals surface area contributed by atoms with Crippen LogP contribution in [0.1, 0.15) is 11.1 Å². The van der Waals surface area contributed by atoms with Crippen molar-refractivity contribution in [3.8, 4) is 5.75 Å². The quantitative estimate of drug-likeness (QED) is 0.847. The second-order valence-corrected chi connectivity index (χ2v) is 3.17. The summed E-state index contributed by atoms with van der Waals surface area (Å²) >= 11 is 0. The lowest BCUT2D eigenvalue weighted by molar-refractivity contribution is -0.274. The van der Waals surface area contributed by atoms with Crippen molar-refractivity contribution in [2.24, 2.45) is 5.73 Å². The van der Waals surface area contributed by atoms with Crippen molar-refractivity contribution in [2.75, 3.05) is 6.54 Å². The first-order valence-corrected chi connectivity index (χ1v) is 4.48. The van der Waals surface area contributed by atoms with Gasteiger partial charge in [-0.3, -0.25) is 0 Å². The van der Waals surface area contributed by atoms with E-state index in [0.29, 0.717) is 13.0 Å². The number of alkyl halides is 3. The first kappa shape index (κ1) is 11.8. The Balaban J connectivity index is 2.82. The molecule has 0 unspecified atom stereocenters. The summed E-state index contributed by atoms with van der Waals surface area (Å²) in [4.78, 5) is 0. The summed E-state index contributed by atoms with van der Waals surface area (Å²) < 4.78 is 39.4. The van der Waals surface area contributed by atoms with Crippen LogP contribution in [0.4, 0.5) is 13.2 Å². The van der Waals surface area contributed by atoms with Crippen LogP contribution in [0.3, 0.4) is 0 Å². The zero-order valence-corrected chi connectivity index (χ0v) is 8.27. The topological polar surface area (TPSA) is 35.2 Å². The van der Waals surface area contributed by atoms with Gasteiger partial charge in [0.2, 0.25) is 0 Å². The molecule has 0 amide bonds. The summed E-state index contributed by atoms with van der Waals surface area (Å²) in [5.41, 5.74) is 7.05. The molecule has 5 heteroatoms. The molecule has 0 atom stereocenters. The maximum atomic E-state index is 11.9. The van der Waals surface area contributed by atoms with Crippen molar-refractivity contribution < 1.29 is 17.9 Å². The summed E-state index contributed by atoms with van der Waals surface area (Å²) in [6.07, 6.45) is -3.99. The van der Waals surface area contributed by atoms with Crippen molar-refractivity contribution in [1.29, 1.82) is 0 Å². The van der Waals surface area contributed by atoms with Gasteiger partial charge in [0.15, 0.2) is 0 Å². The summed E-state index contributed by atoms with van der Waals surface area (Å²) in [7, 11) is 0. The third-order valence-electron chi connectivity index (χ3n) is 1.96. The van der Waals surface area contributed by atoms with Crippen LogP contribution in [-0.2, 0) is 6.42 Å². The molecule has 15 heavy (non-hydrogen) atoms. The van der Waals surface area contributed by atoms with Gasteiger partial charge < -0.3 is 10.5 Å². The first-order valence-electron chi connectivity index (χ1n) is 4.48. The molecule has 0 aliphatic carbocycles. The lowest BCUT2D eigenvalue weighted by atomic mass is 10.1. The van der Waals surface area contributed by atoms with Crippen molar-refractivity contribution in [3.05, 3.63) is 29.3 Å². The lowest BCUT2D eigenvalue weighted by Gasteiger charge is -2.11. The molecule has 0 saturated heterocycles. The maximum absolute atomic E-state index is 11.9. The molecule has 1 aromatic rings. The van der Waals surface area contributed by atoms with E-state index in [1.54, 1.807) is 13.0 Å². The fourth-order valence-corrected chi connectivity index (χ4v) is 1.30. The SMILES string of the molecule is Cc1cc(OC(F)(F)F)ccc1CCN. The molecule has 0 saturated carbocycles. The van der Waals surface area contributed by atoms with Gasteiger partial charge in [-0.05, 0) is 43.1 Å². The van der Waals surface area contributed by atoms with Gasteiger partial charge in [0.1, 0.15) is 5.75 Å². The molecule has 0 bridgehead atoms. The largest absolute Gasteiger partial charge is 0.573 e. The van der Waals surface area contributed by atoms with Crippen LogP contribution in [0.25, 0.3) is 0 Å². The molecule has 0 fully saturated rings. The van der Waals surface area contributed by atoms with Crippen molar-refractivity contribution >= 4 is 0 Å². The summed E-state index contributed by atoms with van der Waals surface area (Å²) in [5, 5.41) is 0. The van der Waals surface area contributed by atoms with Crippen LogP contribution < -0.4 is 10.5 Å². The van der Waals surface area contributed by atoms with E-state index in [2.05, 4.69) is 4.74 Å². The zero-order chi connectivity index (χ0) is 11.5. The highest BCUT2D eigenvalue weighted by Gasteiger charge is 2.31. The monoisotopic (exact) mass is 219 g/mol. The minimum Gasteiger partial charge on any atom is -0.406 e. The Labute approximate surface area is 85.8 Å². The van der Waals surface area contributed by atoms with E-state index in [9.17, 15) is 13.2 Å². The number of benzene rings is 1. The fraction of sp³-hybridized carbons (Fsp3) is 0.400. The van der Waals surface area contributed by atoms with Crippen LogP contribution in [0.2, 0.25) is 0 Å². The lowest BCUT2D eigenvalue weighted by Crippen LogP contribution is -2.17.